The van der Waals surface area contributed by atoms with Crippen molar-refractivity contribution in [2.45, 2.75) is 31.6 Å². The minimum absolute atomic E-state index is 0.0181. The Morgan fingerprint density at radius 3 is 2.89 bits per heavy atom. The van der Waals surface area contributed by atoms with Crippen LogP contribution in [-0.4, -0.2) is 46.1 Å². The Bertz CT molecular complexity index is 990. The van der Waals surface area contributed by atoms with Crippen LogP contribution in [0.3, 0.4) is 0 Å². The van der Waals surface area contributed by atoms with Crippen LogP contribution in [0.25, 0.3) is 11.0 Å². The molecule has 0 saturated carbocycles. The van der Waals surface area contributed by atoms with Gasteiger partial charge in [0.05, 0.1) is 16.7 Å². The molecule has 2 aromatic heterocycles. The lowest BCUT2D eigenvalue weighted by Gasteiger charge is -2.32. The van der Waals surface area contributed by atoms with Crippen LogP contribution in [0.5, 0.6) is 0 Å². The second-order valence-electron chi connectivity index (χ2n) is 7.49. The monoisotopic (exact) mass is 364 g/mol. The van der Waals surface area contributed by atoms with E-state index in [1.165, 1.54) is 0 Å². The number of hydrogen-bond acceptors (Lipinski definition) is 5. The van der Waals surface area contributed by atoms with Gasteiger partial charge in [0, 0.05) is 37.5 Å². The summed E-state index contributed by atoms with van der Waals surface area (Å²) in [6.45, 7) is 3.45. The average molecular weight is 364 g/mol. The van der Waals surface area contributed by atoms with E-state index in [1.54, 1.807) is 0 Å². The number of rotatable bonds is 2. The number of aromatic nitrogens is 4. The lowest BCUT2D eigenvalue weighted by Crippen LogP contribution is -2.37. The van der Waals surface area contributed by atoms with E-state index in [2.05, 4.69) is 26.3 Å². The second-order valence-corrected chi connectivity index (χ2v) is 7.49. The summed E-state index contributed by atoms with van der Waals surface area (Å²) >= 11 is 0. The van der Waals surface area contributed by atoms with E-state index in [1.807, 2.05) is 18.2 Å². The number of piperidine rings is 1. The number of nitrogens with zero attached hydrogens (tertiary/aromatic N) is 3. The standard InChI is InChI=1S/C20H24N6O/c27-19-14-7-9-21-10-8-15(14)24-20(25-19)26-11-3-4-13(12-26)18-22-16-5-1-2-6-17(16)23-18/h1-2,5-6,13,21H,3-4,7-12H2,(H,22,23)(H,24,25,27)/t13-/m0/s1. The van der Waals surface area contributed by atoms with Gasteiger partial charge in [-0.05, 0) is 37.9 Å². The molecule has 1 saturated heterocycles. The lowest BCUT2D eigenvalue weighted by molar-refractivity contribution is 0.488. The molecule has 27 heavy (non-hydrogen) atoms. The van der Waals surface area contributed by atoms with Crippen LogP contribution in [0.15, 0.2) is 29.1 Å². The van der Waals surface area contributed by atoms with Crippen molar-refractivity contribution in [3.8, 4) is 0 Å². The predicted octanol–water partition coefficient (Wildman–Crippen LogP) is 1.72. The molecule has 0 radical (unpaired) electrons. The quantitative estimate of drug-likeness (QED) is 0.644. The zero-order chi connectivity index (χ0) is 18.2. The van der Waals surface area contributed by atoms with Gasteiger partial charge < -0.3 is 15.2 Å². The molecular weight excluding hydrogens is 340 g/mol. The number of imidazole rings is 1. The first kappa shape index (κ1) is 16.5. The third kappa shape index (κ3) is 3.12. The Balaban J connectivity index is 1.43. The molecule has 4 heterocycles. The Labute approximate surface area is 157 Å². The Morgan fingerprint density at radius 2 is 1.96 bits per heavy atom. The lowest BCUT2D eigenvalue weighted by atomic mass is 9.97. The summed E-state index contributed by atoms with van der Waals surface area (Å²) in [6, 6.07) is 8.14. The maximum Gasteiger partial charge on any atom is 0.255 e. The number of aromatic amines is 2. The molecule has 2 aliphatic heterocycles. The number of anilines is 1. The minimum atomic E-state index is 0.0181. The molecule has 0 spiro atoms. The third-order valence-electron chi connectivity index (χ3n) is 5.69. The van der Waals surface area contributed by atoms with Crippen LogP contribution in [0.1, 0.15) is 35.8 Å². The molecule has 140 valence electrons. The van der Waals surface area contributed by atoms with Crippen molar-refractivity contribution in [3.05, 3.63) is 51.7 Å². The minimum Gasteiger partial charge on any atom is -0.342 e. The summed E-state index contributed by atoms with van der Waals surface area (Å²) in [5.74, 6) is 2.06. The highest BCUT2D eigenvalue weighted by atomic mass is 16.1. The van der Waals surface area contributed by atoms with E-state index >= 15 is 0 Å². The van der Waals surface area contributed by atoms with Gasteiger partial charge in [0.2, 0.25) is 5.95 Å². The average Bonchev–Trinajstić information content (AvgIpc) is 2.99. The number of nitrogens with one attached hydrogen (secondary N) is 3. The molecule has 1 aromatic carbocycles. The van der Waals surface area contributed by atoms with Crippen LogP contribution in [0.2, 0.25) is 0 Å². The van der Waals surface area contributed by atoms with Gasteiger partial charge in [-0.2, -0.15) is 0 Å². The highest BCUT2D eigenvalue weighted by Crippen LogP contribution is 2.28. The summed E-state index contributed by atoms with van der Waals surface area (Å²) < 4.78 is 0. The Kier molecular flexibility index (Phi) is 4.16. The first-order chi connectivity index (χ1) is 13.3. The molecule has 0 aliphatic carbocycles. The smallest absolute Gasteiger partial charge is 0.255 e. The summed E-state index contributed by atoms with van der Waals surface area (Å²) in [7, 11) is 0. The van der Waals surface area contributed by atoms with Crippen LogP contribution in [-0.2, 0) is 12.8 Å². The van der Waals surface area contributed by atoms with Crippen LogP contribution >= 0.6 is 0 Å². The van der Waals surface area contributed by atoms with E-state index in [-0.39, 0.29) is 5.56 Å². The van der Waals surface area contributed by atoms with Crippen molar-refractivity contribution >= 4 is 17.0 Å². The molecule has 7 nitrogen and oxygen atoms in total. The van der Waals surface area contributed by atoms with Gasteiger partial charge >= 0.3 is 0 Å². The normalized spacial score (nSPS) is 20.4. The van der Waals surface area contributed by atoms with E-state index in [4.69, 9.17) is 9.97 Å². The van der Waals surface area contributed by atoms with Crippen molar-refractivity contribution in [2.24, 2.45) is 0 Å². The van der Waals surface area contributed by atoms with Crippen molar-refractivity contribution in [2.75, 3.05) is 31.1 Å². The fourth-order valence-electron chi connectivity index (χ4n) is 4.25. The maximum atomic E-state index is 12.6. The third-order valence-corrected chi connectivity index (χ3v) is 5.69. The summed E-state index contributed by atoms with van der Waals surface area (Å²) in [4.78, 5) is 30.9. The molecule has 1 fully saturated rings. The van der Waals surface area contributed by atoms with E-state index < -0.39 is 0 Å². The molecule has 5 rings (SSSR count). The largest absolute Gasteiger partial charge is 0.342 e. The van der Waals surface area contributed by atoms with Crippen molar-refractivity contribution < 1.29 is 0 Å². The number of benzene rings is 1. The van der Waals surface area contributed by atoms with Gasteiger partial charge in [-0.25, -0.2) is 9.97 Å². The van der Waals surface area contributed by atoms with E-state index in [0.29, 0.717) is 11.9 Å². The fraction of sp³-hybridized carbons (Fsp3) is 0.450. The molecule has 1 atom stereocenters. The van der Waals surface area contributed by atoms with Crippen molar-refractivity contribution in [1.29, 1.82) is 0 Å². The highest BCUT2D eigenvalue weighted by Gasteiger charge is 2.26. The highest BCUT2D eigenvalue weighted by molar-refractivity contribution is 5.74. The van der Waals surface area contributed by atoms with Gasteiger partial charge in [-0.1, -0.05) is 12.1 Å². The van der Waals surface area contributed by atoms with E-state index in [9.17, 15) is 4.79 Å². The van der Waals surface area contributed by atoms with Gasteiger partial charge in [-0.3, -0.25) is 9.78 Å². The first-order valence-electron chi connectivity index (χ1n) is 9.80. The van der Waals surface area contributed by atoms with Crippen LogP contribution in [0.4, 0.5) is 5.95 Å². The molecule has 0 unspecified atom stereocenters. The Hall–Kier alpha value is -2.67. The molecule has 3 N–H and O–H groups in total. The van der Waals surface area contributed by atoms with Gasteiger partial charge in [-0.15, -0.1) is 0 Å². The molecular formula is C20H24N6O. The number of para-hydroxylation sites is 2. The first-order valence-corrected chi connectivity index (χ1v) is 9.80. The van der Waals surface area contributed by atoms with Gasteiger partial charge in [0.15, 0.2) is 0 Å². The number of fused-ring (bicyclic) bond motifs is 2. The SMILES string of the molecule is O=c1[nH]c(N2CCC[C@H](c3nc4ccccc4[nH]3)C2)nc2c1CCNCC2. The van der Waals surface area contributed by atoms with E-state index in [0.717, 1.165) is 80.0 Å². The molecule has 0 amide bonds. The fourth-order valence-corrected chi connectivity index (χ4v) is 4.25. The predicted molar refractivity (Wildman–Crippen MR) is 105 cm³/mol. The zero-order valence-corrected chi connectivity index (χ0v) is 15.3. The van der Waals surface area contributed by atoms with Crippen molar-refractivity contribution in [1.82, 2.24) is 25.3 Å². The van der Waals surface area contributed by atoms with Crippen LogP contribution < -0.4 is 15.8 Å². The number of H-pyrrole nitrogens is 2. The summed E-state index contributed by atoms with van der Waals surface area (Å²) in [6.07, 6.45) is 3.71. The van der Waals surface area contributed by atoms with Gasteiger partial charge in [0.1, 0.15) is 5.82 Å². The van der Waals surface area contributed by atoms with Crippen molar-refractivity contribution in [3.63, 3.8) is 0 Å². The molecule has 0 bridgehead atoms. The van der Waals surface area contributed by atoms with Gasteiger partial charge in [0.25, 0.3) is 5.56 Å². The summed E-state index contributed by atoms with van der Waals surface area (Å²) in [5, 5.41) is 3.34. The molecule has 2 aliphatic rings. The number of hydrogen-bond donors (Lipinski definition) is 3. The maximum absolute atomic E-state index is 12.6. The Morgan fingerprint density at radius 1 is 1.07 bits per heavy atom. The second kappa shape index (κ2) is 6.81. The molecule has 7 heteroatoms. The molecule has 3 aromatic rings. The van der Waals surface area contributed by atoms with Crippen LogP contribution in [0, 0.1) is 0 Å². The zero-order valence-electron chi connectivity index (χ0n) is 15.3. The topological polar surface area (TPSA) is 89.7 Å². The summed E-state index contributed by atoms with van der Waals surface area (Å²) in [5.41, 5.74) is 3.89.